The van der Waals surface area contributed by atoms with Gasteiger partial charge in [0.2, 0.25) is 5.91 Å². The third-order valence-corrected chi connectivity index (χ3v) is 4.27. The Morgan fingerprint density at radius 1 is 1.26 bits per heavy atom. The van der Waals surface area contributed by atoms with Crippen molar-refractivity contribution in [2.24, 2.45) is 5.73 Å². The lowest BCUT2D eigenvalue weighted by Crippen LogP contribution is -2.53. The van der Waals surface area contributed by atoms with Crippen molar-refractivity contribution >= 4 is 29.4 Å². The molecule has 0 spiro atoms. The number of carbonyl (C=O) groups excluding carboxylic acids is 2. The molecule has 1 aromatic heterocycles. The highest BCUT2D eigenvalue weighted by Crippen LogP contribution is 2.25. The first-order valence-corrected chi connectivity index (χ1v) is 8.09. The fourth-order valence-corrected chi connectivity index (χ4v) is 2.89. The minimum Gasteiger partial charge on any atom is -0.366 e. The predicted molar refractivity (Wildman–Crippen MR) is 89.9 cm³/mol. The van der Waals surface area contributed by atoms with Crippen molar-refractivity contribution in [1.82, 2.24) is 14.8 Å². The van der Waals surface area contributed by atoms with Gasteiger partial charge >= 0.3 is 6.03 Å². The van der Waals surface area contributed by atoms with Crippen LogP contribution in [0.15, 0.2) is 12.3 Å². The molecular formula is C15H22ClN5O2. The van der Waals surface area contributed by atoms with Crippen LogP contribution >= 0.6 is 11.6 Å². The van der Waals surface area contributed by atoms with Gasteiger partial charge in [-0.05, 0) is 19.9 Å². The van der Waals surface area contributed by atoms with E-state index in [-0.39, 0.29) is 11.6 Å². The van der Waals surface area contributed by atoms with Gasteiger partial charge in [-0.25, -0.2) is 9.78 Å². The van der Waals surface area contributed by atoms with E-state index >= 15 is 0 Å². The van der Waals surface area contributed by atoms with Gasteiger partial charge in [0.15, 0.2) is 0 Å². The van der Waals surface area contributed by atoms with Gasteiger partial charge in [0.05, 0.1) is 10.6 Å². The van der Waals surface area contributed by atoms with Crippen molar-refractivity contribution in [3.63, 3.8) is 0 Å². The van der Waals surface area contributed by atoms with E-state index in [2.05, 4.69) is 4.98 Å². The highest BCUT2D eigenvalue weighted by atomic mass is 35.5. The van der Waals surface area contributed by atoms with Crippen LogP contribution in [0.2, 0.25) is 5.02 Å². The standard InChI is InChI=1S/C15H22ClN5O2/c1-3-19(4-2)15(23)21-7-5-20(6-8-21)14-12(16)9-11(10-18-14)13(17)22/h9-10H,3-8H2,1-2H3,(H2,17,22). The van der Waals surface area contributed by atoms with Crippen LogP contribution in [0.4, 0.5) is 10.6 Å². The van der Waals surface area contributed by atoms with Crippen LogP contribution in [-0.2, 0) is 0 Å². The average molecular weight is 340 g/mol. The van der Waals surface area contributed by atoms with Crippen molar-refractivity contribution < 1.29 is 9.59 Å². The van der Waals surface area contributed by atoms with Crippen molar-refractivity contribution in [3.05, 3.63) is 22.8 Å². The van der Waals surface area contributed by atoms with Gasteiger partial charge in [0.1, 0.15) is 5.82 Å². The monoisotopic (exact) mass is 339 g/mol. The zero-order valence-electron chi connectivity index (χ0n) is 13.5. The third kappa shape index (κ3) is 3.85. The van der Waals surface area contributed by atoms with Crippen LogP contribution in [-0.4, -0.2) is 66.0 Å². The highest BCUT2D eigenvalue weighted by Gasteiger charge is 2.25. The van der Waals surface area contributed by atoms with E-state index in [1.54, 1.807) is 0 Å². The second-order valence-corrected chi connectivity index (χ2v) is 5.73. The molecule has 0 aliphatic carbocycles. The van der Waals surface area contributed by atoms with Gasteiger partial charge in [-0.3, -0.25) is 4.79 Å². The molecule has 126 valence electrons. The smallest absolute Gasteiger partial charge is 0.320 e. The Labute approximate surface area is 141 Å². The zero-order valence-corrected chi connectivity index (χ0v) is 14.2. The third-order valence-electron chi connectivity index (χ3n) is 3.99. The molecule has 1 saturated heterocycles. The SMILES string of the molecule is CCN(CC)C(=O)N1CCN(c2ncc(C(N)=O)cc2Cl)CC1. The molecule has 0 bridgehead atoms. The maximum Gasteiger partial charge on any atom is 0.320 e. The van der Waals surface area contributed by atoms with Crippen LogP contribution in [0, 0.1) is 0 Å². The lowest BCUT2D eigenvalue weighted by atomic mass is 10.2. The van der Waals surface area contributed by atoms with Gasteiger partial charge < -0.3 is 20.4 Å². The van der Waals surface area contributed by atoms with E-state index in [0.717, 1.165) is 0 Å². The lowest BCUT2D eigenvalue weighted by molar-refractivity contribution is 0.1000. The number of primary amides is 1. The number of hydrogen-bond donors (Lipinski definition) is 1. The van der Waals surface area contributed by atoms with Crippen molar-refractivity contribution in [3.8, 4) is 0 Å². The Morgan fingerprint density at radius 2 is 1.87 bits per heavy atom. The summed E-state index contributed by atoms with van der Waals surface area (Å²) in [7, 11) is 0. The molecule has 2 heterocycles. The largest absolute Gasteiger partial charge is 0.366 e. The van der Waals surface area contributed by atoms with Gasteiger partial charge in [0, 0.05) is 45.5 Å². The first kappa shape index (κ1) is 17.3. The number of amides is 3. The first-order chi connectivity index (χ1) is 11.0. The fourth-order valence-electron chi connectivity index (χ4n) is 2.60. The molecule has 0 radical (unpaired) electrons. The van der Waals surface area contributed by atoms with E-state index in [1.807, 2.05) is 28.5 Å². The van der Waals surface area contributed by atoms with Gasteiger partial charge in [-0.15, -0.1) is 0 Å². The topological polar surface area (TPSA) is 82.8 Å². The molecule has 0 unspecified atom stereocenters. The number of hydrogen-bond acceptors (Lipinski definition) is 4. The minimum absolute atomic E-state index is 0.0674. The normalized spacial score (nSPS) is 14.7. The summed E-state index contributed by atoms with van der Waals surface area (Å²) in [6.45, 7) is 7.89. The number of piperazine rings is 1. The zero-order chi connectivity index (χ0) is 17.0. The van der Waals surface area contributed by atoms with Gasteiger partial charge in [0.25, 0.3) is 0 Å². The molecule has 0 saturated carbocycles. The number of rotatable bonds is 4. The van der Waals surface area contributed by atoms with E-state index in [0.29, 0.717) is 50.1 Å². The summed E-state index contributed by atoms with van der Waals surface area (Å²) in [5.41, 5.74) is 5.50. The van der Waals surface area contributed by atoms with E-state index < -0.39 is 5.91 Å². The second kappa shape index (κ2) is 7.50. The molecule has 0 atom stereocenters. The van der Waals surface area contributed by atoms with Crippen molar-refractivity contribution in [1.29, 1.82) is 0 Å². The maximum atomic E-state index is 12.3. The molecule has 2 N–H and O–H groups in total. The van der Waals surface area contributed by atoms with Crippen LogP contribution in [0.25, 0.3) is 0 Å². The Balaban J connectivity index is 2.02. The summed E-state index contributed by atoms with van der Waals surface area (Å²) >= 11 is 6.20. The summed E-state index contributed by atoms with van der Waals surface area (Å²) in [6, 6.07) is 1.59. The predicted octanol–water partition coefficient (Wildman–Crippen LogP) is 1.42. The molecule has 7 nitrogen and oxygen atoms in total. The first-order valence-electron chi connectivity index (χ1n) is 7.72. The fraction of sp³-hybridized carbons (Fsp3) is 0.533. The Hall–Kier alpha value is -2.02. The number of nitrogens with zero attached hydrogens (tertiary/aromatic N) is 4. The second-order valence-electron chi connectivity index (χ2n) is 5.32. The summed E-state index contributed by atoms with van der Waals surface area (Å²) < 4.78 is 0. The summed E-state index contributed by atoms with van der Waals surface area (Å²) in [6.07, 6.45) is 1.43. The number of pyridine rings is 1. The number of urea groups is 1. The van der Waals surface area contributed by atoms with Crippen LogP contribution in [0.3, 0.4) is 0 Å². The average Bonchev–Trinajstić information content (AvgIpc) is 2.56. The molecule has 3 amide bonds. The van der Waals surface area contributed by atoms with Gasteiger partial charge in [-0.2, -0.15) is 0 Å². The molecule has 8 heteroatoms. The number of anilines is 1. The van der Waals surface area contributed by atoms with Crippen molar-refractivity contribution in [2.75, 3.05) is 44.2 Å². The van der Waals surface area contributed by atoms with Crippen LogP contribution < -0.4 is 10.6 Å². The number of nitrogens with two attached hydrogens (primary N) is 1. The van der Waals surface area contributed by atoms with E-state index in [9.17, 15) is 9.59 Å². The Morgan fingerprint density at radius 3 is 2.35 bits per heavy atom. The molecule has 23 heavy (non-hydrogen) atoms. The highest BCUT2D eigenvalue weighted by molar-refractivity contribution is 6.33. The Kier molecular flexibility index (Phi) is 5.65. The molecule has 1 aromatic rings. The van der Waals surface area contributed by atoms with Gasteiger partial charge in [-0.1, -0.05) is 11.6 Å². The summed E-state index contributed by atoms with van der Waals surface area (Å²) in [5, 5.41) is 0.393. The summed E-state index contributed by atoms with van der Waals surface area (Å²) in [5.74, 6) is 0.0622. The molecule has 1 aliphatic heterocycles. The number of carbonyl (C=O) groups is 2. The summed E-state index contributed by atoms with van der Waals surface area (Å²) in [4.78, 5) is 33.4. The molecule has 2 rings (SSSR count). The van der Waals surface area contributed by atoms with E-state index in [4.69, 9.17) is 17.3 Å². The van der Waals surface area contributed by atoms with E-state index in [1.165, 1.54) is 12.3 Å². The van der Waals surface area contributed by atoms with Crippen LogP contribution in [0.5, 0.6) is 0 Å². The molecule has 0 aromatic carbocycles. The molecule has 1 aliphatic rings. The minimum atomic E-state index is -0.555. The number of aromatic nitrogens is 1. The lowest BCUT2D eigenvalue weighted by Gasteiger charge is -2.37. The molecular weight excluding hydrogens is 318 g/mol. The maximum absolute atomic E-state index is 12.3. The quantitative estimate of drug-likeness (QED) is 0.899. The number of halogens is 1. The molecule has 1 fully saturated rings. The Bertz CT molecular complexity index is 583. The van der Waals surface area contributed by atoms with Crippen LogP contribution in [0.1, 0.15) is 24.2 Å². The van der Waals surface area contributed by atoms with Crippen molar-refractivity contribution in [2.45, 2.75) is 13.8 Å².